The molecule has 16 heavy (non-hydrogen) atoms. The van der Waals surface area contributed by atoms with E-state index in [1.54, 1.807) is 11.9 Å². The van der Waals surface area contributed by atoms with Gasteiger partial charge in [-0.3, -0.25) is 0 Å². The molecule has 90 valence electrons. The molecule has 0 radical (unpaired) electrons. The van der Waals surface area contributed by atoms with Gasteiger partial charge in [0.1, 0.15) is 0 Å². The monoisotopic (exact) mass is 228 g/mol. The van der Waals surface area contributed by atoms with Crippen LogP contribution in [-0.4, -0.2) is 26.6 Å². The smallest absolute Gasteiger partial charge is 0.255 e. The predicted molar refractivity (Wildman–Crippen MR) is 63.1 cm³/mol. The fourth-order valence-electron chi connectivity index (χ4n) is 1.60. The SMILES string of the molecule is CCNCc1ccccc1N(C)CC(F)F. The van der Waals surface area contributed by atoms with Crippen molar-refractivity contribution in [3.05, 3.63) is 29.8 Å². The summed E-state index contributed by atoms with van der Waals surface area (Å²) in [5, 5.41) is 3.20. The molecule has 2 nitrogen and oxygen atoms in total. The van der Waals surface area contributed by atoms with Crippen LogP contribution in [0.5, 0.6) is 0 Å². The Morgan fingerprint density at radius 2 is 2.00 bits per heavy atom. The third kappa shape index (κ3) is 3.77. The summed E-state index contributed by atoms with van der Waals surface area (Å²) in [6, 6.07) is 7.62. The van der Waals surface area contributed by atoms with Crippen LogP contribution in [0.3, 0.4) is 0 Å². The molecule has 0 aromatic heterocycles. The van der Waals surface area contributed by atoms with Crippen LogP contribution in [0.15, 0.2) is 24.3 Å². The zero-order valence-electron chi connectivity index (χ0n) is 9.71. The van der Waals surface area contributed by atoms with E-state index in [4.69, 9.17) is 0 Å². The van der Waals surface area contributed by atoms with Crippen molar-refractivity contribution in [2.24, 2.45) is 0 Å². The molecule has 4 heteroatoms. The van der Waals surface area contributed by atoms with Gasteiger partial charge in [-0.15, -0.1) is 0 Å². The number of para-hydroxylation sites is 1. The topological polar surface area (TPSA) is 15.3 Å². The lowest BCUT2D eigenvalue weighted by molar-refractivity contribution is 0.156. The Balaban J connectivity index is 2.76. The van der Waals surface area contributed by atoms with Crippen molar-refractivity contribution in [2.45, 2.75) is 19.9 Å². The van der Waals surface area contributed by atoms with Crippen LogP contribution < -0.4 is 10.2 Å². The second-order valence-corrected chi connectivity index (χ2v) is 3.68. The molecule has 0 aliphatic heterocycles. The van der Waals surface area contributed by atoms with E-state index in [0.717, 1.165) is 17.8 Å². The zero-order valence-corrected chi connectivity index (χ0v) is 9.71. The molecule has 0 spiro atoms. The molecule has 0 saturated heterocycles. The minimum atomic E-state index is -2.31. The number of benzene rings is 1. The minimum Gasteiger partial charge on any atom is -0.369 e. The molecular formula is C12H18F2N2. The van der Waals surface area contributed by atoms with Gasteiger partial charge in [-0.1, -0.05) is 25.1 Å². The van der Waals surface area contributed by atoms with Gasteiger partial charge >= 0.3 is 0 Å². The van der Waals surface area contributed by atoms with Gasteiger partial charge in [-0.2, -0.15) is 0 Å². The number of alkyl halides is 2. The Labute approximate surface area is 95.3 Å². The van der Waals surface area contributed by atoms with Crippen molar-refractivity contribution >= 4 is 5.69 Å². The molecule has 0 amide bonds. The van der Waals surface area contributed by atoms with E-state index >= 15 is 0 Å². The number of rotatable bonds is 6. The number of hydrogen-bond donors (Lipinski definition) is 1. The Kier molecular flexibility index (Phi) is 5.19. The molecule has 0 unspecified atom stereocenters. The largest absolute Gasteiger partial charge is 0.369 e. The minimum absolute atomic E-state index is 0.233. The van der Waals surface area contributed by atoms with E-state index in [9.17, 15) is 8.78 Å². The lowest BCUT2D eigenvalue weighted by Crippen LogP contribution is -2.26. The first kappa shape index (κ1) is 12.9. The predicted octanol–water partition coefficient (Wildman–Crippen LogP) is 2.50. The van der Waals surface area contributed by atoms with Crippen LogP contribution in [0.2, 0.25) is 0 Å². The Morgan fingerprint density at radius 3 is 2.62 bits per heavy atom. The molecule has 0 aliphatic carbocycles. The van der Waals surface area contributed by atoms with Crippen LogP contribution in [0.4, 0.5) is 14.5 Å². The summed E-state index contributed by atoms with van der Waals surface area (Å²) < 4.78 is 24.6. The van der Waals surface area contributed by atoms with Gasteiger partial charge in [0.2, 0.25) is 0 Å². The van der Waals surface area contributed by atoms with Crippen molar-refractivity contribution in [1.29, 1.82) is 0 Å². The van der Waals surface area contributed by atoms with Crippen LogP contribution in [-0.2, 0) is 6.54 Å². The molecule has 0 aliphatic rings. The molecule has 0 bridgehead atoms. The van der Waals surface area contributed by atoms with E-state index in [2.05, 4.69) is 5.32 Å². The van der Waals surface area contributed by atoms with Crippen molar-refractivity contribution in [2.75, 3.05) is 25.0 Å². The van der Waals surface area contributed by atoms with Crippen molar-refractivity contribution in [3.8, 4) is 0 Å². The molecule has 1 aromatic rings. The number of nitrogens with zero attached hydrogens (tertiary/aromatic N) is 1. The summed E-state index contributed by atoms with van der Waals surface area (Å²) in [6.07, 6.45) is -2.31. The van der Waals surface area contributed by atoms with Gasteiger partial charge in [0, 0.05) is 19.3 Å². The summed E-state index contributed by atoms with van der Waals surface area (Å²) in [6.45, 7) is 3.36. The molecule has 1 rings (SSSR count). The summed E-state index contributed by atoms with van der Waals surface area (Å²) >= 11 is 0. The van der Waals surface area contributed by atoms with Crippen LogP contribution in [0.25, 0.3) is 0 Å². The second-order valence-electron chi connectivity index (χ2n) is 3.68. The van der Waals surface area contributed by atoms with E-state index in [0.29, 0.717) is 6.54 Å². The molecule has 1 N–H and O–H groups in total. The molecule has 1 aromatic carbocycles. The average molecular weight is 228 g/mol. The van der Waals surface area contributed by atoms with Crippen LogP contribution in [0, 0.1) is 0 Å². The van der Waals surface area contributed by atoms with E-state index < -0.39 is 6.43 Å². The first-order valence-corrected chi connectivity index (χ1v) is 5.43. The maximum Gasteiger partial charge on any atom is 0.255 e. The van der Waals surface area contributed by atoms with Crippen molar-refractivity contribution < 1.29 is 8.78 Å². The number of anilines is 1. The Bertz CT molecular complexity index is 316. The van der Waals surface area contributed by atoms with Gasteiger partial charge in [-0.25, -0.2) is 8.78 Å². The number of halogens is 2. The maximum atomic E-state index is 12.3. The number of hydrogen-bond acceptors (Lipinski definition) is 2. The van der Waals surface area contributed by atoms with Crippen molar-refractivity contribution in [1.82, 2.24) is 5.32 Å². The van der Waals surface area contributed by atoms with Gasteiger partial charge < -0.3 is 10.2 Å². The average Bonchev–Trinajstić information content (AvgIpc) is 2.25. The third-order valence-corrected chi connectivity index (χ3v) is 2.38. The highest BCUT2D eigenvalue weighted by molar-refractivity contribution is 5.53. The van der Waals surface area contributed by atoms with Gasteiger partial charge in [0.05, 0.1) is 6.54 Å². The zero-order chi connectivity index (χ0) is 12.0. The highest BCUT2D eigenvalue weighted by atomic mass is 19.3. The summed E-state index contributed by atoms with van der Waals surface area (Å²) in [7, 11) is 1.69. The Hall–Kier alpha value is -1.16. The quantitative estimate of drug-likeness (QED) is 0.804. The van der Waals surface area contributed by atoms with Crippen LogP contribution in [0.1, 0.15) is 12.5 Å². The molecule has 0 saturated carbocycles. The van der Waals surface area contributed by atoms with Gasteiger partial charge in [-0.05, 0) is 18.2 Å². The third-order valence-electron chi connectivity index (χ3n) is 2.38. The summed E-state index contributed by atoms with van der Waals surface area (Å²) in [4.78, 5) is 1.59. The summed E-state index contributed by atoms with van der Waals surface area (Å²) in [5.74, 6) is 0. The Morgan fingerprint density at radius 1 is 1.31 bits per heavy atom. The van der Waals surface area contributed by atoms with Gasteiger partial charge in [0.15, 0.2) is 0 Å². The fourth-order valence-corrected chi connectivity index (χ4v) is 1.60. The molecule has 0 fully saturated rings. The first-order chi connectivity index (χ1) is 7.65. The summed E-state index contributed by atoms with van der Waals surface area (Å²) in [5.41, 5.74) is 1.91. The highest BCUT2D eigenvalue weighted by Gasteiger charge is 2.11. The second kappa shape index (κ2) is 6.43. The van der Waals surface area contributed by atoms with Crippen molar-refractivity contribution in [3.63, 3.8) is 0 Å². The fraction of sp³-hybridized carbons (Fsp3) is 0.500. The van der Waals surface area contributed by atoms with Crippen LogP contribution >= 0.6 is 0 Å². The lowest BCUT2D eigenvalue weighted by atomic mass is 10.1. The van der Waals surface area contributed by atoms with E-state index in [1.165, 1.54) is 0 Å². The molecular weight excluding hydrogens is 210 g/mol. The highest BCUT2D eigenvalue weighted by Crippen LogP contribution is 2.19. The van der Waals surface area contributed by atoms with E-state index in [1.807, 2.05) is 31.2 Å². The van der Waals surface area contributed by atoms with Gasteiger partial charge in [0.25, 0.3) is 6.43 Å². The molecule has 0 atom stereocenters. The maximum absolute atomic E-state index is 12.3. The first-order valence-electron chi connectivity index (χ1n) is 5.43. The normalized spacial score (nSPS) is 10.8. The van der Waals surface area contributed by atoms with E-state index in [-0.39, 0.29) is 6.54 Å². The number of nitrogens with one attached hydrogen (secondary N) is 1. The molecule has 0 heterocycles. The standard InChI is InChI=1S/C12H18F2N2/c1-3-15-8-10-6-4-5-7-11(10)16(2)9-12(13)14/h4-7,12,15H,3,8-9H2,1-2H3. The lowest BCUT2D eigenvalue weighted by Gasteiger charge is -2.22.